The largest absolute Gasteiger partial charge is 0.481 e. The van der Waals surface area contributed by atoms with Gasteiger partial charge in [-0.25, -0.2) is 0 Å². The van der Waals surface area contributed by atoms with Crippen molar-refractivity contribution in [1.82, 2.24) is 0 Å². The lowest BCUT2D eigenvalue weighted by molar-refractivity contribution is -0.136. The molecule has 0 aliphatic carbocycles. The van der Waals surface area contributed by atoms with Crippen molar-refractivity contribution in [3.63, 3.8) is 0 Å². The molecule has 4 nitrogen and oxygen atoms in total. The third-order valence-corrected chi connectivity index (χ3v) is 2.34. The molecular weight excluding hydrogens is 218 g/mol. The molecule has 0 unspecified atom stereocenters. The molecule has 1 aromatic carbocycles. The van der Waals surface area contributed by atoms with Crippen LogP contribution in [0.5, 0.6) is 0 Å². The molecule has 4 N–H and O–H groups in total. The predicted molar refractivity (Wildman–Crippen MR) is 56.8 cm³/mol. The van der Waals surface area contributed by atoms with Gasteiger partial charge in [0.15, 0.2) is 0 Å². The van der Waals surface area contributed by atoms with E-state index < -0.39 is 12.0 Å². The van der Waals surface area contributed by atoms with Gasteiger partial charge in [-0.15, -0.1) is 0 Å². The molecule has 15 heavy (non-hydrogen) atoms. The standard InChI is InChI=1S/C10H12ClNO3/c11-8-3-6(4-10(14)15)1-2-7(8)9(12)5-13/h1-3,9,13H,4-5,12H2,(H,14,15)/t9-/m1/s1. The normalized spacial score (nSPS) is 12.5. The number of aliphatic hydroxyl groups is 1. The average Bonchev–Trinajstić information content (AvgIpc) is 2.16. The maximum Gasteiger partial charge on any atom is 0.307 e. The Kier molecular flexibility index (Phi) is 4.08. The van der Waals surface area contributed by atoms with Crippen LogP contribution in [0.4, 0.5) is 0 Å². The van der Waals surface area contributed by atoms with E-state index in [-0.39, 0.29) is 13.0 Å². The molecule has 0 radical (unpaired) electrons. The van der Waals surface area contributed by atoms with Crippen LogP contribution in [0.1, 0.15) is 17.2 Å². The van der Waals surface area contributed by atoms with E-state index in [0.717, 1.165) is 0 Å². The van der Waals surface area contributed by atoms with Gasteiger partial charge >= 0.3 is 5.97 Å². The summed E-state index contributed by atoms with van der Waals surface area (Å²) >= 11 is 5.90. The third kappa shape index (κ3) is 3.20. The number of halogens is 1. The van der Waals surface area contributed by atoms with Crippen molar-refractivity contribution in [1.29, 1.82) is 0 Å². The van der Waals surface area contributed by atoms with Crippen LogP contribution in [0.15, 0.2) is 18.2 Å². The summed E-state index contributed by atoms with van der Waals surface area (Å²) in [5, 5.41) is 17.8. The topological polar surface area (TPSA) is 83.5 Å². The summed E-state index contributed by atoms with van der Waals surface area (Å²) in [6.07, 6.45) is -0.0750. The van der Waals surface area contributed by atoms with Crippen LogP contribution >= 0.6 is 11.6 Å². The van der Waals surface area contributed by atoms with Gasteiger partial charge in [-0.2, -0.15) is 0 Å². The van der Waals surface area contributed by atoms with E-state index in [1.165, 1.54) is 0 Å². The highest BCUT2D eigenvalue weighted by atomic mass is 35.5. The smallest absolute Gasteiger partial charge is 0.307 e. The Morgan fingerprint density at radius 1 is 1.53 bits per heavy atom. The predicted octanol–water partition coefficient (Wildman–Crippen LogP) is 0.959. The second kappa shape index (κ2) is 5.11. The number of carboxylic acid groups (broad SMARTS) is 1. The van der Waals surface area contributed by atoms with Crippen LogP contribution in [0.2, 0.25) is 5.02 Å². The minimum Gasteiger partial charge on any atom is -0.481 e. The van der Waals surface area contributed by atoms with Gasteiger partial charge in [0, 0.05) is 5.02 Å². The van der Waals surface area contributed by atoms with E-state index in [9.17, 15) is 4.79 Å². The Morgan fingerprint density at radius 3 is 2.67 bits per heavy atom. The Hall–Kier alpha value is -1.10. The lowest BCUT2D eigenvalue weighted by atomic mass is 10.0. The number of hydrogen-bond acceptors (Lipinski definition) is 3. The van der Waals surface area contributed by atoms with Crippen LogP contribution in [0.3, 0.4) is 0 Å². The molecular formula is C10H12ClNO3. The number of aliphatic carboxylic acids is 1. The Labute approximate surface area is 92.3 Å². The SMILES string of the molecule is N[C@H](CO)c1ccc(CC(=O)O)cc1Cl. The van der Waals surface area contributed by atoms with Crippen molar-refractivity contribution in [2.45, 2.75) is 12.5 Å². The second-order valence-electron chi connectivity index (χ2n) is 3.22. The summed E-state index contributed by atoms with van der Waals surface area (Å²) in [7, 11) is 0. The van der Waals surface area contributed by atoms with E-state index in [1.807, 2.05) is 0 Å². The minimum absolute atomic E-state index is 0.0750. The molecule has 5 heteroatoms. The van der Waals surface area contributed by atoms with E-state index in [2.05, 4.69) is 0 Å². The fourth-order valence-corrected chi connectivity index (χ4v) is 1.60. The molecule has 1 atom stereocenters. The quantitative estimate of drug-likeness (QED) is 0.718. The van der Waals surface area contributed by atoms with Crippen LogP contribution in [-0.4, -0.2) is 22.8 Å². The minimum atomic E-state index is -0.912. The first-order valence-electron chi connectivity index (χ1n) is 4.41. The fourth-order valence-electron chi connectivity index (χ4n) is 1.25. The van der Waals surface area contributed by atoms with Gasteiger partial charge in [-0.1, -0.05) is 23.7 Å². The molecule has 1 rings (SSSR count). The first-order valence-corrected chi connectivity index (χ1v) is 4.79. The number of hydrogen-bond donors (Lipinski definition) is 3. The molecule has 0 fully saturated rings. The molecule has 0 saturated carbocycles. The number of carbonyl (C=O) groups is 1. The average molecular weight is 230 g/mol. The summed E-state index contributed by atoms with van der Waals surface area (Å²) in [5.74, 6) is -0.912. The number of carboxylic acids is 1. The first-order chi connectivity index (χ1) is 7.04. The highest BCUT2D eigenvalue weighted by Crippen LogP contribution is 2.22. The number of nitrogens with two attached hydrogens (primary N) is 1. The monoisotopic (exact) mass is 229 g/mol. The molecule has 82 valence electrons. The molecule has 0 aliphatic rings. The molecule has 0 aliphatic heterocycles. The summed E-state index contributed by atoms with van der Waals surface area (Å²) in [6.45, 7) is -0.196. The fraction of sp³-hybridized carbons (Fsp3) is 0.300. The lowest BCUT2D eigenvalue weighted by Crippen LogP contribution is -2.15. The Bertz CT molecular complexity index is 368. The zero-order valence-electron chi connectivity index (χ0n) is 7.98. The van der Waals surface area contributed by atoms with Crippen molar-refractivity contribution in [2.24, 2.45) is 5.73 Å². The zero-order valence-corrected chi connectivity index (χ0v) is 8.74. The zero-order chi connectivity index (χ0) is 11.4. The van der Waals surface area contributed by atoms with Crippen molar-refractivity contribution in [2.75, 3.05) is 6.61 Å². The van der Waals surface area contributed by atoms with E-state index in [1.54, 1.807) is 18.2 Å². The lowest BCUT2D eigenvalue weighted by Gasteiger charge is -2.11. The molecule has 0 aromatic heterocycles. The first kappa shape index (κ1) is 12.0. The molecule has 0 heterocycles. The van der Waals surface area contributed by atoms with Crippen molar-refractivity contribution in [3.05, 3.63) is 34.3 Å². The van der Waals surface area contributed by atoms with Crippen LogP contribution in [-0.2, 0) is 11.2 Å². The maximum atomic E-state index is 10.4. The van der Waals surface area contributed by atoms with Gasteiger partial charge in [0.25, 0.3) is 0 Å². The van der Waals surface area contributed by atoms with Crippen molar-refractivity contribution < 1.29 is 15.0 Å². The van der Waals surface area contributed by atoms with Gasteiger partial charge in [-0.3, -0.25) is 4.79 Å². The molecule has 0 spiro atoms. The highest BCUT2D eigenvalue weighted by Gasteiger charge is 2.10. The Balaban J connectivity index is 2.92. The summed E-state index contributed by atoms with van der Waals surface area (Å²) < 4.78 is 0. The summed E-state index contributed by atoms with van der Waals surface area (Å²) in [6, 6.07) is 4.31. The van der Waals surface area contributed by atoms with Gasteiger partial charge in [-0.05, 0) is 17.2 Å². The molecule has 0 amide bonds. The van der Waals surface area contributed by atoms with Gasteiger partial charge in [0.1, 0.15) is 0 Å². The van der Waals surface area contributed by atoms with E-state index >= 15 is 0 Å². The second-order valence-corrected chi connectivity index (χ2v) is 3.62. The molecule has 0 saturated heterocycles. The Morgan fingerprint density at radius 2 is 2.20 bits per heavy atom. The van der Waals surface area contributed by atoms with E-state index in [0.29, 0.717) is 16.1 Å². The molecule has 1 aromatic rings. The maximum absolute atomic E-state index is 10.4. The van der Waals surface area contributed by atoms with Crippen LogP contribution in [0.25, 0.3) is 0 Å². The van der Waals surface area contributed by atoms with Crippen LogP contribution < -0.4 is 5.73 Å². The van der Waals surface area contributed by atoms with Crippen molar-refractivity contribution in [3.8, 4) is 0 Å². The van der Waals surface area contributed by atoms with Crippen LogP contribution in [0, 0.1) is 0 Å². The van der Waals surface area contributed by atoms with Gasteiger partial charge in [0.2, 0.25) is 0 Å². The van der Waals surface area contributed by atoms with E-state index in [4.69, 9.17) is 27.5 Å². The number of benzene rings is 1. The summed E-state index contributed by atoms with van der Waals surface area (Å²) in [5.41, 5.74) is 6.83. The highest BCUT2D eigenvalue weighted by molar-refractivity contribution is 6.31. The molecule has 0 bridgehead atoms. The van der Waals surface area contributed by atoms with Crippen molar-refractivity contribution >= 4 is 17.6 Å². The van der Waals surface area contributed by atoms with Gasteiger partial charge < -0.3 is 15.9 Å². The van der Waals surface area contributed by atoms with Gasteiger partial charge in [0.05, 0.1) is 19.1 Å². The number of rotatable bonds is 4. The number of aliphatic hydroxyl groups excluding tert-OH is 1. The third-order valence-electron chi connectivity index (χ3n) is 2.02. The summed E-state index contributed by atoms with van der Waals surface area (Å²) in [4.78, 5) is 10.4.